The van der Waals surface area contributed by atoms with E-state index in [0.717, 1.165) is 44.6 Å². The van der Waals surface area contributed by atoms with Gasteiger partial charge in [-0.05, 0) is 49.4 Å². The summed E-state index contributed by atoms with van der Waals surface area (Å²) in [6.45, 7) is 0.885. The maximum Gasteiger partial charge on any atom is 0.416 e. The van der Waals surface area contributed by atoms with E-state index in [1.165, 1.54) is 18.6 Å². The highest BCUT2D eigenvalue weighted by atomic mass is 19.4. The molecular weight excluding hydrogens is 393 g/mol. The van der Waals surface area contributed by atoms with Crippen molar-refractivity contribution in [2.45, 2.75) is 76.3 Å². The van der Waals surface area contributed by atoms with E-state index in [0.29, 0.717) is 36.2 Å². The molecular formula is C23H27F3N2O2. The maximum atomic E-state index is 13.1. The second kappa shape index (κ2) is 8.84. The van der Waals surface area contributed by atoms with Gasteiger partial charge in [-0.25, -0.2) is 0 Å². The Hall–Kier alpha value is -2.28. The first kappa shape index (κ1) is 21.0. The Bertz CT molecular complexity index is 867. The lowest BCUT2D eigenvalue weighted by molar-refractivity contribution is -0.137. The van der Waals surface area contributed by atoms with Crippen molar-refractivity contribution in [2.75, 3.05) is 0 Å². The molecule has 4 rings (SSSR count). The Morgan fingerprint density at radius 2 is 1.80 bits per heavy atom. The number of alkyl halides is 3. The van der Waals surface area contributed by atoms with Gasteiger partial charge in [0.2, 0.25) is 0 Å². The fraction of sp³-hybridized carbons (Fsp3) is 0.522. The number of benzene rings is 1. The minimum Gasteiger partial charge on any atom is -0.455 e. The van der Waals surface area contributed by atoms with Gasteiger partial charge in [0.1, 0.15) is 5.76 Å². The van der Waals surface area contributed by atoms with Gasteiger partial charge in [0.15, 0.2) is 5.76 Å². The van der Waals surface area contributed by atoms with Gasteiger partial charge >= 0.3 is 6.18 Å². The van der Waals surface area contributed by atoms with Crippen molar-refractivity contribution < 1.29 is 22.4 Å². The number of amides is 1. The van der Waals surface area contributed by atoms with Crippen LogP contribution in [-0.2, 0) is 19.3 Å². The van der Waals surface area contributed by atoms with E-state index in [9.17, 15) is 18.0 Å². The number of carbonyl (C=O) groups excluding carboxylic acids is 1. The number of halogens is 3. The number of hydrogen-bond acceptors (Lipinski definition) is 3. The zero-order valence-electron chi connectivity index (χ0n) is 16.9. The number of nitrogens with one attached hydrogen (secondary N) is 1. The molecule has 2 aliphatic carbocycles. The molecule has 1 N–H and O–H groups in total. The van der Waals surface area contributed by atoms with Crippen molar-refractivity contribution in [2.24, 2.45) is 0 Å². The van der Waals surface area contributed by atoms with Crippen LogP contribution >= 0.6 is 0 Å². The average Bonchev–Trinajstić information content (AvgIpc) is 3.42. The summed E-state index contributed by atoms with van der Waals surface area (Å²) in [6.07, 6.45) is 3.14. The quantitative estimate of drug-likeness (QED) is 0.641. The normalized spacial score (nSPS) is 18.0. The zero-order chi connectivity index (χ0) is 21.1. The van der Waals surface area contributed by atoms with E-state index in [2.05, 4.69) is 10.2 Å². The zero-order valence-corrected chi connectivity index (χ0v) is 16.9. The van der Waals surface area contributed by atoms with Crippen molar-refractivity contribution in [3.63, 3.8) is 0 Å². The highest BCUT2D eigenvalue weighted by Crippen LogP contribution is 2.31. The summed E-state index contributed by atoms with van der Waals surface area (Å²) in [7, 11) is 0. The van der Waals surface area contributed by atoms with Gasteiger partial charge in [0.25, 0.3) is 5.91 Å². The minimum absolute atomic E-state index is 0.203. The molecule has 0 spiro atoms. The first-order valence-electron chi connectivity index (χ1n) is 10.7. The van der Waals surface area contributed by atoms with Gasteiger partial charge < -0.3 is 9.73 Å². The van der Waals surface area contributed by atoms with Gasteiger partial charge in [-0.15, -0.1) is 0 Å². The van der Waals surface area contributed by atoms with Crippen LogP contribution < -0.4 is 5.32 Å². The Balaban J connectivity index is 1.49. The molecule has 0 atom stereocenters. The molecule has 2 aromatic rings. The van der Waals surface area contributed by atoms with Crippen molar-refractivity contribution in [3.8, 4) is 0 Å². The van der Waals surface area contributed by atoms with Gasteiger partial charge in [0.05, 0.1) is 12.1 Å². The van der Waals surface area contributed by atoms with Crippen LogP contribution in [0.15, 0.2) is 40.8 Å². The molecule has 1 heterocycles. The molecule has 2 saturated carbocycles. The average molecular weight is 420 g/mol. The molecule has 1 aromatic heterocycles. The molecule has 4 nitrogen and oxygen atoms in total. The van der Waals surface area contributed by atoms with E-state index in [-0.39, 0.29) is 11.9 Å². The highest BCUT2D eigenvalue weighted by Gasteiger charge is 2.31. The largest absolute Gasteiger partial charge is 0.455 e. The summed E-state index contributed by atoms with van der Waals surface area (Å²) >= 11 is 0. The smallest absolute Gasteiger partial charge is 0.416 e. The third-order valence-corrected chi connectivity index (χ3v) is 5.89. The molecule has 0 unspecified atom stereocenters. The predicted molar refractivity (Wildman–Crippen MR) is 107 cm³/mol. The lowest BCUT2D eigenvalue weighted by Crippen LogP contribution is -2.35. The van der Waals surface area contributed by atoms with E-state index >= 15 is 0 Å². The topological polar surface area (TPSA) is 45.5 Å². The van der Waals surface area contributed by atoms with Gasteiger partial charge in [0, 0.05) is 18.6 Å². The maximum absolute atomic E-state index is 13.1. The molecule has 1 amide bonds. The highest BCUT2D eigenvalue weighted by molar-refractivity contribution is 5.91. The van der Waals surface area contributed by atoms with Crippen LogP contribution in [0.3, 0.4) is 0 Å². The molecule has 0 bridgehead atoms. The third kappa shape index (κ3) is 5.45. The van der Waals surface area contributed by atoms with Crippen LogP contribution in [0.2, 0.25) is 0 Å². The van der Waals surface area contributed by atoms with Crippen LogP contribution in [0, 0.1) is 0 Å². The second-order valence-electron chi connectivity index (χ2n) is 8.41. The van der Waals surface area contributed by atoms with E-state index < -0.39 is 11.7 Å². The van der Waals surface area contributed by atoms with Gasteiger partial charge in [-0.1, -0.05) is 37.5 Å². The monoisotopic (exact) mass is 420 g/mol. The number of hydrogen-bond donors (Lipinski definition) is 1. The van der Waals surface area contributed by atoms with Crippen LogP contribution in [-0.4, -0.2) is 22.9 Å². The summed E-state index contributed by atoms with van der Waals surface area (Å²) in [5.74, 6) is 0.749. The van der Waals surface area contributed by atoms with Crippen molar-refractivity contribution >= 4 is 5.91 Å². The minimum atomic E-state index is -4.35. The first-order valence-corrected chi connectivity index (χ1v) is 10.7. The molecule has 162 valence electrons. The standard InChI is InChI=1S/C23H27F3N2O2/c24-23(25,26)17-6-4-5-16(13-17)14-28(19-7-2-1-3-8-19)15-20-11-12-21(30-20)22(29)27-18-9-10-18/h4-6,11-13,18-19H,1-3,7-10,14-15H2,(H,27,29). The molecule has 0 saturated heterocycles. The van der Waals surface area contributed by atoms with E-state index in [1.807, 2.05) is 0 Å². The number of rotatable bonds is 7. The summed E-state index contributed by atoms with van der Waals surface area (Å²) in [5.41, 5.74) is 0.00859. The summed E-state index contributed by atoms with van der Waals surface area (Å²) in [5, 5.41) is 2.91. The SMILES string of the molecule is O=C(NC1CC1)c1ccc(CN(Cc2cccc(C(F)(F)F)c2)C2CCCCC2)o1. The second-order valence-corrected chi connectivity index (χ2v) is 8.41. The Morgan fingerprint density at radius 3 is 2.50 bits per heavy atom. The van der Waals surface area contributed by atoms with E-state index in [1.54, 1.807) is 18.2 Å². The molecule has 7 heteroatoms. The fourth-order valence-electron chi connectivity index (χ4n) is 4.11. The number of carbonyl (C=O) groups is 1. The molecule has 2 fully saturated rings. The van der Waals surface area contributed by atoms with Crippen LogP contribution in [0.25, 0.3) is 0 Å². The molecule has 30 heavy (non-hydrogen) atoms. The molecule has 2 aliphatic rings. The lowest BCUT2D eigenvalue weighted by atomic mass is 9.93. The number of nitrogens with zero attached hydrogens (tertiary/aromatic N) is 1. The Morgan fingerprint density at radius 1 is 1.03 bits per heavy atom. The van der Waals surface area contributed by atoms with Crippen molar-refractivity contribution in [1.82, 2.24) is 10.2 Å². The molecule has 1 aromatic carbocycles. The summed E-state index contributed by atoms with van der Waals surface area (Å²) < 4.78 is 45.1. The Labute approximate surface area is 174 Å². The van der Waals surface area contributed by atoms with Crippen LogP contribution in [0.5, 0.6) is 0 Å². The fourth-order valence-corrected chi connectivity index (χ4v) is 4.11. The Kier molecular flexibility index (Phi) is 6.18. The summed E-state index contributed by atoms with van der Waals surface area (Å²) in [6, 6.07) is 9.55. The van der Waals surface area contributed by atoms with Gasteiger partial charge in [-0.2, -0.15) is 13.2 Å². The lowest BCUT2D eigenvalue weighted by Gasteiger charge is -2.34. The molecule has 0 radical (unpaired) electrons. The first-order chi connectivity index (χ1) is 14.4. The van der Waals surface area contributed by atoms with Gasteiger partial charge in [-0.3, -0.25) is 9.69 Å². The van der Waals surface area contributed by atoms with Crippen molar-refractivity contribution in [3.05, 3.63) is 59.0 Å². The number of furan rings is 1. The van der Waals surface area contributed by atoms with Crippen LogP contribution in [0.1, 0.15) is 72.4 Å². The van der Waals surface area contributed by atoms with Crippen molar-refractivity contribution in [1.29, 1.82) is 0 Å². The van der Waals surface area contributed by atoms with E-state index in [4.69, 9.17) is 4.42 Å². The van der Waals surface area contributed by atoms with Crippen LogP contribution in [0.4, 0.5) is 13.2 Å². The predicted octanol–water partition coefficient (Wildman–Crippen LogP) is 5.53. The summed E-state index contributed by atoms with van der Waals surface area (Å²) in [4.78, 5) is 14.4. The molecule has 0 aliphatic heterocycles. The third-order valence-electron chi connectivity index (χ3n) is 5.89.